The molecule has 100 valence electrons. The van der Waals surface area contributed by atoms with Gasteiger partial charge in [0.2, 0.25) is 5.91 Å². The average molecular weight is 250 g/mol. The van der Waals surface area contributed by atoms with Crippen LogP contribution in [0.3, 0.4) is 0 Å². The molecule has 1 aliphatic carbocycles. The number of amides is 1. The van der Waals surface area contributed by atoms with E-state index in [1.54, 1.807) is 12.4 Å². The molecule has 1 aromatic heterocycles. The maximum absolute atomic E-state index is 12.1. The van der Waals surface area contributed by atoms with E-state index < -0.39 is 5.54 Å². The summed E-state index contributed by atoms with van der Waals surface area (Å²) in [6.07, 6.45) is 8.02. The number of nitrogens with two attached hydrogens (primary N) is 1. The third-order valence-electron chi connectivity index (χ3n) is 3.69. The Morgan fingerprint density at radius 3 is 3.22 bits per heavy atom. The Kier molecular flexibility index (Phi) is 4.01. The first-order valence-corrected chi connectivity index (χ1v) is 6.65. The quantitative estimate of drug-likeness (QED) is 0.744. The van der Waals surface area contributed by atoms with Crippen molar-refractivity contribution in [3.05, 3.63) is 18.2 Å². The van der Waals surface area contributed by atoms with Crippen molar-refractivity contribution < 1.29 is 4.79 Å². The summed E-state index contributed by atoms with van der Waals surface area (Å²) in [6, 6.07) is 0. The molecule has 1 aliphatic rings. The van der Waals surface area contributed by atoms with Crippen LogP contribution in [0, 0.1) is 5.92 Å². The van der Waals surface area contributed by atoms with E-state index in [2.05, 4.69) is 22.2 Å². The number of imidazole rings is 1. The summed E-state index contributed by atoms with van der Waals surface area (Å²) < 4.78 is 0. The van der Waals surface area contributed by atoms with Crippen LogP contribution in [0.5, 0.6) is 0 Å². The van der Waals surface area contributed by atoms with Crippen molar-refractivity contribution in [1.29, 1.82) is 0 Å². The fourth-order valence-corrected chi connectivity index (χ4v) is 2.70. The zero-order valence-electron chi connectivity index (χ0n) is 10.9. The van der Waals surface area contributed by atoms with Gasteiger partial charge in [-0.15, -0.1) is 0 Å². The van der Waals surface area contributed by atoms with E-state index in [0.717, 1.165) is 25.1 Å². The summed E-state index contributed by atoms with van der Waals surface area (Å²) in [5.74, 6) is 1.42. The van der Waals surface area contributed by atoms with Crippen LogP contribution >= 0.6 is 0 Å². The fraction of sp³-hybridized carbons (Fsp3) is 0.692. The van der Waals surface area contributed by atoms with Crippen LogP contribution in [-0.2, 0) is 11.2 Å². The minimum absolute atomic E-state index is 0.0133. The van der Waals surface area contributed by atoms with Gasteiger partial charge >= 0.3 is 0 Å². The molecule has 0 radical (unpaired) electrons. The van der Waals surface area contributed by atoms with Gasteiger partial charge in [0.15, 0.2) is 0 Å². The molecule has 2 atom stereocenters. The van der Waals surface area contributed by atoms with Crippen molar-refractivity contribution in [2.75, 3.05) is 6.54 Å². The van der Waals surface area contributed by atoms with Crippen molar-refractivity contribution in [1.82, 2.24) is 15.3 Å². The van der Waals surface area contributed by atoms with E-state index in [9.17, 15) is 4.79 Å². The number of carbonyl (C=O) groups excluding carboxylic acids is 1. The zero-order chi connectivity index (χ0) is 13.0. The van der Waals surface area contributed by atoms with Gasteiger partial charge in [0.1, 0.15) is 5.82 Å². The lowest BCUT2D eigenvalue weighted by molar-refractivity contribution is -0.128. The molecule has 1 amide bonds. The molecule has 1 heterocycles. The van der Waals surface area contributed by atoms with E-state index in [4.69, 9.17) is 5.73 Å². The van der Waals surface area contributed by atoms with Gasteiger partial charge in [0.05, 0.1) is 5.54 Å². The maximum Gasteiger partial charge on any atom is 0.240 e. The van der Waals surface area contributed by atoms with Gasteiger partial charge in [-0.3, -0.25) is 4.79 Å². The van der Waals surface area contributed by atoms with Gasteiger partial charge in [-0.2, -0.15) is 0 Å². The molecule has 2 unspecified atom stereocenters. The second-order valence-corrected chi connectivity index (χ2v) is 5.40. The number of aromatic amines is 1. The van der Waals surface area contributed by atoms with Crippen molar-refractivity contribution in [3.8, 4) is 0 Å². The van der Waals surface area contributed by atoms with Crippen LogP contribution in [0.2, 0.25) is 0 Å². The molecule has 0 bridgehead atoms. The number of rotatable bonds is 4. The predicted molar refractivity (Wildman–Crippen MR) is 69.9 cm³/mol. The molecule has 0 aliphatic heterocycles. The van der Waals surface area contributed by atoms with Crippen LogP contribution < -0.4 is 11.1 Å². The Bertz CT molecular complexity index is 390. The summed E-state index contributed by atoms with van der Waals surface area (Å²) in [7, 11) is 0. The predicted octanol–water partition coefficient (Wildman–Crippen LogP) is 0.976. The Hall–Kier alpha value is -1.36. The lowest BCUT2D eigenvalue weighted by Gasteiger charge is -2.35. The van der Waals surface area contributed by atoms with Crippen LogP contribution in [0.4, 0.5) is 0 Å². The number of H-pyrrole nitrogens is 1. The monoisotopic (exact) mass is 250 g/mol. The molecule has 0 saturated heterocycles. The molecular formula is C13H22N4O. The molecule has 18 heavy (non-hydrogen) atoms. The SMILES string of the molecule is CC1CCCC(N)(C(=O)NCCc2ncc[nH]2)C1. The number of hydrogen-bond acceptors (Lipinski definition) is 3. The fourth-order valence-electron chi connectivity index (χ4n) is 2.70. The number of carbonyl (C=O) groups is 1. The summed E-state index contributed by atoms with van der Waals surface area (Å²) in [6.45, 7) is 2.75. The number of aromatic nitrogens is 2. The first-order chi connectivity index (χ1) is 8.60. The minimum atomic E-state index is -0.666. The van der Waals surface area contributed by atoms with Crippen molar-refractivity contribution in [3.63, 3.8) is 0 Å². The van der Waals surface area contributed by atoms with E-state index in [0.29, 0.717) is 18.9 Å². The second-order valence-electron chi connectivity index (χ2n) is 5.40. The number of nitrogens with one attached hydrogen (secondary N) is 2. The Morgan fingerprint density at radius 2 is 2.56 bits per heavy atom. The lowest BCUT2D eigenvalue weighted by Crippen LogP contribution is -2.56. The molecule has 0 spiro atoms. The van der Waals surface area contributed by atoms with E-state index >= 15 is 0 Å². The third-order valence-corrected chi connectivity index (χ3v) is 3.69. The van der Waals surface area contributed by atoms with Gasteiger partial charge < -0.3 is 16.0 Å². The van der Waals surface area contributed by atoms with E-state index in [1.165, 1.54) is 6.42 Å². The summed E-state index contributed by atoms with van der Waals surface area (Å²) in [5, 5.41) is 2.93. The molecule has 4 N–H and O–H groups in total. The average Bonchev–Trinajstić information content (AvgIpc) is 2.81. The topological polar surface area (TPSA) is 83.8 Å². The van der Waals surface area contributed by atoms with Crippen molar-refractivity contribution >= 4 is 5.91 Å². The highest BCUT2D eigenvalue weighted by molar-refractivity contribution is 5.86. The highest BCUT2D eigenvalue weighted by Crippen LogP contribution is 2.30. The third kappa shape index (κ3) is 3.10. The second kappa shape index (κ2) is 5.52. The largest absolute Gasteiger partial charge is 0.354 e. The first kappa shape index (κ1) is 13.1. The smallest absolute Gasteiger partial charge is 0.240 e. The van der Waals surface area contributed by atoms with Gasteiger partial charge in [-0.1, -0.05) is 19.8 Å². The van der Waals surface area contributed by atoms with Crippen LogP contribution in [-0.4, -0.2) is 28.0 Å². The zero-order valence-corrected chi connectivity index (χ0v) is 10.9. The van der Waals surface area contributed by atoms with Crippen molar-refractivity contribution in [2.24, 2.45) is 11.7 Å². The van der Waals surface area contributed by atoms with Gasteiger partial charge in [0.25, 0.3) is 0 Å². The summed E-state index contributed by atoms with van der Waals surface area (Å²) >= 11 is 0. The van der Waals surface area contributed by atoms with Crippen LogP contribution in [0.15, 0.2) is 12.4 Å². The Morgan fingerprint density at radius 1 is 1.72 bits per heavy atom. The normalized spacial score (nSPS) is 28.0. The van der Waals surface area contributed by atoms with Gasteiger partial charge in [-0.25, -0.2) is 4.98 Å². The molecule has 5 heteroatoms. The maximum atomic E-state index is 12.1. The van der Waals surface area contributed by atoms with Gasteiger partial charge in [0, 0.05) is 25.4 Å². The number of hydrogen-bond donors (Lipinski definition) is 3. The highest BCUT2D eigenvalue weighted by Gasteiger charge is 2.37. The van der Waals surface area contributed by atoms with Crippen LogP contribution in [0.25, 0.3) is 0 Å². The molecule has 1 aromatic rings. The standard InChI is InChI=1S/C13H22N4O/c1-10-3-2-5-13(14,9-10)12(18)17-6-4-11-15-7-8-16-11/h7-8,10H,2-6,9,14H2,1H3,(H,15,16)(H,17,18). The van der Waals surface area contributed by atoms with E-state index in [1.807, 2.05) is 0 Å². The summed E-state index contributed by atoms with van der Waals surface area (Å²) in [5.41, 5.74) is 5.55. The molecular weight excluding hydrogens is 228 g/mol. The van der Waals surface area contributed by atoms with E-state index in [-0.39, 0.29) is 5.91 Å². The summed E-state index contributed by atoms with van der Waals surface area (Å²) in [4.78, 5) is 19.3. The highest BCUT2D eigenvalue weighted by atomic mass is 16.2. The Labute approximate surface area is 108 Å². The number of nitrogens with zero attached hydrogens (tertiary/aromatic N) is 1. The molecule has 0 aromatic carbocycles. The minimum Gasteiger partial charge on any atom is -0.354 e. The molecule has 2 rings (SSSR count). The first-order valence-electron chi connectivity index (χ1n) is 6.65. The Balaban J connectivity index is 1.80. The molecule has 1 fully saturated rings. The molecule has 1 saturated carbocycles. The van der Waals surface area contributed by atoms with Crippen LogP contribution in [0.1, 0.15) is 38.4 Å². The van der Waals surface area contributed by atoms with Crippen molar-refractivity contribution in [2.45, 2.75) is 44.6 Å². The van der Waals surface area contributed by atoms with Gasteiger partial charge in [-0.05, 0) is 18.8 Å². The molecule has 5 nitrogen and oxygen atoms in total. The lowest BCUT2D eigenvalue weighted by atomic mass is 9.76.